The Morgan fingerprint density at radius 2 is 1.79 bits per heavy atom. The van der Waals surface area contributed by atoms with Gasteiger partial charge >= 0.3 is 0 Å². The number of aromatic nitrogens is 2. The molecule has 0 aliphatic heterocycles. The third-order valence-electron chi connectivity index (χ3n) is 3.51. The molecule has 0 bridgehead atoms. The van der Waals surface area contributed by atoms with Gasteiger partial charge in [-0.25, -0.2) is 8.42 Å². The molecule has 1 aromatic heterocycles. The van der Waals surface area contributed by atoms with E-state index in [1.54, 1.807) is 24.3 Å². The van der Waals surface area contributed by atoms with Crippen LogP contribution in [-0.2, 0) is 16.4 Å². The number of rotatable bonds is 5. The van der Waals surface area contributed by atoms with Crippen molar-refractivity contribution in [2.75, 3.05) is 11.0 Å². The van der Waals surface area contributed by atoms with E-state index in [1.165, 1.54) is 5.56 Å². The summed E-state index contributed by atoms with van der Waals surface area (Å²) in [5.41, 5.74) is 3.55. The highest BCUT2D eigenvalue weighted by atomic mass is 32.2. The first-order valence-corrected chi connectivity index (χ1v) is 9.25. The fourth-order valence-electron chi connectivity index (χ4n) is 2.32. The molecular formula is C17H17N3O3S. The van der Waals surface area contributed by atoms with Crippen molar-refractivity contribution in [1.82, 2.24) is 10.1 Å². The molecule has 0 amide bonds. The molecule has 2 aromatic carbocycles. The number of hydrogen-bond donors (Lipinski definition) is 1. The van der Waals surface area contributed by atoms with E-state index in [-0.39, 0.29) is 0 Å². The molecule has 7 heteroatoms. The topological polar surface area (TPSA) is 85.1 Å². The maximum absolute atomic E-state index is 11.2. The molecule has 3 rings (SSSR count). The highest BCUT2D eigenvalue weighted by Gasteiger charge is 2.11. The third kappa shape index (κ3) is 3.99. The summed E-state index contributed by atoms with van der Waals surface area (Å²) in [6.45, 7) is 2.05. The number of benzene rings is 2. The molecule has 0 atom stereocenters. The van der Waals surface area contributed by atoms with Gasteiger partial charge in [0.15, 0.2) is 5.82 Å². The third-order valence-corrected chi connectivity index (χ3v) is 4.12. The molecule has 0 radical (unpaired) electrons. The van der Waals surface area contributed by atoms with Crippen LogP contribution in [0.2, 0.25) is 0 Å². The highest BCUT2D eigenvalue weighted by molar-refractivity contribution is 7.92. The van der Waals surface area contributed by atoms with Gasteiger partial charge in [-0.05, 0) is 42.3 Å². The summed E-state index contributed by atoms with van der Waals surface area (Å²) >= 11 is 0. The Morgan fingerprint density at radius 1 is 1.08 bits per heavy atom. The quantitative estimate of drug-likeness (QED) is 0.770. The van der Waals surface area contributed by atoms with Crippen LogP contribution in [0, 0.1) is 6.92 Å². The van der Waals surface area contributed by atoms with Crippen molar-refractivity contribution in [3.8, 4) is 11.5 Å². The number of sulfonamides is 1. The number of hydrogen-bond acceptors (Lipinski definition) is 5. The van der Waals surface area contributed by atoms with Crippen LogP contribution in [0.25, 0.3) is 11.5 Å². The first-order chi connectivity index (χ1) is 11.4. The lowest BCUT2D eigenvalue weighted by atomic mass is 10.1. The maximum atomic E-state index is 11.2. The SMILES string of the molecule is Cc1ccccc1Cc1noc(-c2ccc(NS(C)(=O)=O)cc2)n1. The Hall–Kier alpha value is -2.67. The fraction of sp³-hybridized carbons (Fsp3) is 0.176. The molecule has 0 unspecified atom stereocenters. The van der Waals surface area contributed by atoms with Crippen molar-refractivity contribution in [2.24, 2.45) is 0 Å². The number of nitrogens with zero attached hydrogens (tertiary/aromatic N) is 2. The van der Waals surface area contributed by atoms with Crippen molar-refractivity contribution in [3.05, 3.63) is 65.5 Å². The first kappa shape index (κ1) is 16.2. The smallest absolute Gasteiger partial charge is 0.257 e. The van der Waals surface area contributed by atoms with Gasteiger partial charge in [0.25, 0.3) is 5.89 Å². The summed E-state index contributed by atoms with van der Waals surface area (Å²) in [5.74, 6) is 1.02. The molecule has 24 heavy (non-hydrogen) atoms. The minimum absolute atomic E-state index is 0.407. The Balaban J connectivity index is 1.77. The van der Waals surface area contributed by atoms with Gasteiger partial charge in [-0.3, -0.25) is 4.72 Å². The fourth-order valence-corrected chi connectivity index (χ4v) is 2.88. The summed E-state index contributed by atoms with van der Waals surface area (Å²) in [4.78, 5) is 4.40. The van der Waals surface area contributed by atoms with Crippen LogP contribution >= 0.6 is 0 Å². The summed E-state index contributed by atoms with van der Waals surface area (Å²) in [7, 11) is -3.29. The highest BCUT2D eigenvalue weighted by Crippen LogP contribution is 2.21. The van der Waals surface area contributed by atoms with Crippen LogP contribution in [0.15, 0.2) is 53.1 Å². The lowest BCUT2D eigenvalue weighted by Gasteiger charge is -2.03. The summed E-state index contributed by atoms with van der Waals surface area (Å²) in [5, 5.41) is 4.01. The minimum Gasteiger partial charge on any atom is -0.334 e. The van der Waals surface area contributed by atoms with Crippen molar-refractivity contribution in [1.29, 1.82) is 0 Å². The van der Waals surface area contributed by atoms with E-state index in [2.05, 4.69) is 14.9 Å². The molecule has 0 saturated heterocycles. The Kier molecular flexibility index (Phi) is 4.35. The monoisotopic (exact) mass is 343 g/mol. The van der Waals surface area contributed by atoms with Crippen LogP contribution < -0.4 is 4.72 Å². The zero-order chi connectivity index (χ0) is 17.2. The summed E-state index contributed by atoms with van der Waals surface area (Å²) < 4.78 is 30.1. The van der Waals surface area contributed by atoms with Crippen LogP contribution in [0.4, 0.5) is 5.69 Å². The molecular weight excluding hydrogens is 326 g/mol. The average Bonchev–Trinajstić information content (AvgIpc) is 2.97. The number of nitrogens with one attached hydrogen (secondary N) is 1. The van der Waals surface area contributed by atoms with Gasteiger partial charge in [-0.1, -0.05) is 29.4 Å². The van der Waals surface area contributed by atoms with Gasteiger partial charge in [0.05, 0.1) is 6.26 Å². The van der Waals surface area contributed by atoms with Crippen molar-refractivity contribution >= 4 is 15.7 Å². The van der Waals surface area contributed by atoms with Gasteiger partial charge in [-0.15, -0.1) is 0 Å². The van der Waals surface area contributed by atoms with Crippen molar-refractivity contribution < 1.29 is 12.9 Å². The molecule has 6 nitrogen and oxygen atoms in total. The minimum atomic E-state index is -3.29. The van der Waals surface area contributed by atoms with E-state index in [0.29, 0.717) is 23.8 Å². The van der Waals surface area contributed by atoms with Gasteiger partial charge in [0, 0.05) is 17.7 Å². The first-order valence-electron chi connectivity index (χ1n) is 7.36. The summed E-state index contributed by atoms with van der Waals surface area (Å²) in [6.07, 6.45) is 1.71. The molecule has 0 spiro atoms. The second-order valence-electron chi connectivity index (χ2n) is 5.57. The van der Waals surface area contributed by atoms with E-state index in [4.69, 9.17) is 4.52 Å². The second-order valence-corrected chi connectivity index (χ2v) is 7.32. The Labute approximate surface area is 140 Å². The maximum Gasteiger partial charge on any atom is 0.257 e. The molecule has 1 N–H and O–H groups in total. The number of aryl methyl sites for hydroxylation is 1. The molecule has 0 saturated carbocycles. The molecule has 3 aromatic rings. The standard InChI is InChI=1S/C17H17N3O3S/c1-12-5-3-4-6-14(12)11-16-18-17(23-19-16)13-7-9-15(10-8-13)20-24(2,21)22/h3-10,20H,11H2,1-2H3. The number of anilines is 1. The predicted molar refractivity (Wildman–Crippen MR) is 92.2 cm³/mol. The van der Waals surface area contributed by atoms with Crippen LogP contribution in [0.1, 0.15) is 17.0 Å². The zero-order valence-electron chi connectivity index (χ0n) is 13.4. The van der Waals surface area contributed by atoms with Crippen LogP contribution in [-0.4, -0.2) is 24.8 Å². The molecule has 0 fully saturated rings. The molecule has 0 aliphatic carbocycles. The molecule has 1 heterocycles. The average molecular weight is 343 g/mol. The second kappa shape index (κ2) is 6.45. The van der Waals surface area contributed by atoms with Crippen LogP contribution in [0.3, 0.4) is 0 Å². The summed E-state index contributed by atoms with van der Waals surface area (Å²) in [6, 6.07) is 14.8. The van der Waals surface area contributed by atoms with E-state index in [9.17, 15) is 8.42 Å². The lowest BCUT2D eigenvalue weighted by Crippen LogP contribution is -2.09. The van der Waals surface area contributed by atoms with Crippen molar-refractivity contribution in [2.45, 2.75) is 13.3 Å². The van der Waals surface area contributed by atoms with Gasteiger partial charge in [0.2, 0.25) is 10.0 Å². The van der Waals surface area contributed by atoms with Crippen molar-refractivity contribution in [3.63, 3.8) is 0 Å². The van der Waals surface area contributed by atoms with Gasteiger partial charge in [-0.2, -0.15) is 4.98 Å². The lowest BCUT2D eigenvalue weighted by molar-refractivity contribution is 0.424. The normalized spacial score (nSPS) is 11.4. The van der Waals surface area contributed by atoms with E-state index >= 15 is 0 Å². The van der Waals surface area contributed by atoms with E-state index < -0.39 is 10.0 Å². The zero-order valence-corrected chi connectivity index (χ0v) is 14.2. The molecule has 0 aliphatic rings. The Bertz CT molecular complexity index is 947. The van der Waals surface area contributed by atoms with Crippen LogP contribution in [0.5, 0.6) is 0 Å². The van der Waals surface area contributed by atoms with Gasteiger partial charge in [0.1, 0.15) is 0 Å². The van der Waals surface area contributed by atoms with Gasteiger partial charge < -0.3 is 4.52 Å². The molecule has 124 valence electrons. The Morgan fingerprint density at radius 3 is 2.46 bits per heavy atom. The predicted octanol–water partition coefficient (Wildman–Crippen LogP) is 3.01. The van der Waals surface area contributed by atoms with E-state index in [0.717, 1.165) is 17.4 Å². The van der Waals surface area contributed by atoms with E-state index in [1.807, 2.05) is 31.2 Å². The largest absolute Gasteiger partial charge is 0.334 e.